The van der Waals surface area contributed by atoms with Crippen LogP contribution in [0.15, 0.2) is 12.1 Å². The Balaban J connectivity index is 2.08. The number of hydrogen-bond acceptors (Lipinski definition) is 4. The third kappa shape index (κ3) is 3.21. The van der Waals surface area contributed by atoms with Crippen LogP contribution in [0.5, 0.6) is 0 Å². The van der Waals surface area contributed by atoms with Crippen LogP contribution in [0.2, 0.25) is 0 Å². The molecule has 102 valence electrons. The molecule has 0 bridgehead atoms. The minimum Gasteiger partial charge on any atom is -0.481 e. The lowest BCUT2D eigenvalue weighted by atomic mass is 10.1. The van der Waals surface area contributed by atoms with Gasteiger partial charge in [-0.3, -0.25) is 9.59 Å². The van der Waals surface area contributed by atoms with Gasteiger partial charge in [-0.2, -0.15) is 0 Å². The molecule has 4 N–H and O–H groups in total. The topological polar surface area (TPSA) is 105 Å². The highest BCUT2D eigenvalue weighted by Crippen LogP contribution is 2.28. The number of rotatable bonds is 4. The highest BCUT2D eigenvalue weighted by Gasteiger charge is 2.29. The number of carboxylic acid groups (broad SMARTS) is 1. The fraction of sp³-hybridized carbons (Fsp3) is 0.462. The molecular formula is C13H17N3O3. The van der Waals surface area contributed by atoms with Gasteiger partial charge in [0.05, 0.1) is 5.92 Å². The summed E-state index contributed by atoms with van der Waals surface area (Å²) < 4.78 is 0. The standard InChI is InChI=1S/C13H17N3O3/c1-7-4-9(12(14)17)6-11(15-7)16-10-3-2-8(5-10)13(18)19/h4,6,8,10H,2-3,5H2,1H3,(H2,14,17)(H,15,16)(H,18,19)/t8-,10+/m1/s1. The summed E-state index contributed by atoms with van der Waals surface area (Å²) in [5, 5.41) is 12.1. The van der Waals surface area contributed by atoms with Gasteiger partial charge < -0.3 is 16.2 Å². The molecule has 1 aliphatic carbocycles. The SMILES string of the molecule is Cc1cc(C(N)=O)cc(N[C@H]2CC[C@@H](C(=O)O)C2)n1. The summed E-state index contributed by atoms with van der Waals surface area (Å²) in [6.45, 7) is 1.78. The van der Waals surface area contributed by atoms with E-state index in [-0.39, 0.29) is 12.0 Å². The number of carboxylic acids is 1. The van der Waals surface area contributed by atoms with Gasteiger partial charge in [0.15, 0.2) is 0 Å². The Labute approximate surface area is 111 Å². The third-order valence-electron chi connectivity index (χ3n) is 3.37. The van der Waals surface area contributed by atoms with Gasteiger partial charge in [-0.15, -0.1) is 0 Å². The van der Waals surface area contributed by atoms with Crippen molar-refractivity contribution in [3.05, 3.63) is 23.4 Å². The summed E-state index contributed by atoms with van der Waals surface area (Å²) in [6.07, 6.45) is 2.04. The zero-order valence-electron chi connectivity index (χ0n) is 10.7. The molecule has 19 heavy (non-hydrogen) atoms. The molecule has 6 nitrogen and oxygen atoms in total. The Morgan fingerprint density at radius 3 is 2.74 bits per heavy atom. The Morgan fingerprint density at radius 1 is 1.42 bits per heavy atom. The molecule has 0 spiro atoms. The summed E-state index contributed by atoms with van der Waals surface area (Å²) in [4.78, 5) is 26.3. The number of pyridine rings is 1. The molecule has 0 radical (unpaired) electrons. The van der Waals surface area contributed by atoms with Crippen LogP contribution in [0.4, 0.5) is 5.82 Å². The molecular weight excluding hydrogens is 246 g/mol. The fourth-order valence-electron chi connectivity index (χ4n) is 2.43. The number of amides is 1. The van der Waals surface area contributed by atoms with Crippen molar-refractivity contribution in [1.82, 2.24) is 4.98 Å². The Hall–Kier alpha value is -2.11. The van der Waals surface area contributed by atoms with Crippen molar-refractivity contribution in [3.63, 3.8) is 0 Å². The van der Waals surface area contributed by atoms with Crippen LogP contribution in [0.3, 0.4) is 0 Å². The van der Waals surface area contributed by atoms with Crippen molar-refractivity contribution < 1.29 is 14.7 Å². The molecule has 6 heteroatoms. The monoisotopic (exact) mass is 263 g/mol. The van der Waals surface area contributed by atoms with Crippen LogP contribution in [0, 0.1) is 12.8 Å². The maximum atomic E-state index is 11.2. The summed E-state index contributed by atoms with van der Waals surface area (Å²) in [5.41, 5.74) is 6.36. The quantitative estimate of drug-likeness (QED) is 0.755. The van der Waals surface area contributed by atoms with Crippen LogP contribution in [-0.2, 0) is 4.79 Å². The lowest BCUT2D eigenvalue weighted by molar-refractivity contribution is -0.141. The first-order chi connectivity index (χ1) is 8.95. The number of aliphatic carboxylic acids is 1. The van der Waals surface area contributed by atoms with Gasteiger partial charge in [-0.1, -0.05) is 0 Å². The van der Waals surface area contributed by atoms with Crippen LogP contribution in [0.25, 0.3) is 0 Å². The zero-order valence-corrected chi connectivity index (χ0v) is 10.7. The minimum atomic E-state index is -0.751. The predicted molar refractivity (Wildman–Crippen MR) is 69.9 cm³/mol. The van der Waals surface area contributed by atoms with Gasteiger partial charge in [0.2, 0.25) is 5.91 Å². The lowest BCUT2D eigenvalue weighted by Crippen LogP contribution is -2.19. The van der Waals surface area contributed by atoms with Crippen LogP contribution >= 0.6 is 0 Å². The second-order valence-corrected chi connectivity index (χ2v) is 4.94. The summed E-state index contributed by atoms with van der Waals surface area (Å²) in [6, 6.07) is 3.31. The summed E-state index contributed by atoms with van der Waals surface area (Å²) in [5.74, 6) is -0.967. The molecule has 1 heterocycles. The van der Waals surface area contributed by atoms with Crippen LogP contribution in [-0.4, -0.2) is 28.0 Å². The van der Waals surface area contributed by atoms with E-state index in [0.717, 1.165) is 6.42 Å². The number of nitrogens with one attached hydrogen (secondary N) is 1. The number of carbonyl (C=O) groups is 2. The van der Waals surface area contributed by atoms with E-state index in [0.29, 0.717) is 29.9 Å². The number of nitrogens with zero attached hydrogens (tertiary/aromatic N) is 1. The number of carbonyl (C=O) groups excluding carboxylic acids is 1. The molecule has 1 amide bonds. The fourth-order valence-corrected chi connectivity index (χ4v) is 2.43. The molecule has 0 unspecified atom stereocenters. The number of primary amides is 1. The molecule has 1 aliphatic rings. The molecule has 1 aromatic rings. The smallest absolute Gasteiger partial charge is 0.306 e. The van der Waals surface area contributed by atoms with Gasteiger partial charge in [-0.05, 0) is 38.3 Å². The van der Waals surface area contributed by atoms with Gasteiger partial charge in [0, 0.05) is 17.3 Å². The number of anilines is 1. The van der Waals surface area contributed by atoms with Gasteiger partial charge in [-0.25, -0.2) is 4.98 Å². The van der Waals surface area contributed by atoms with Gasteiger partial charge in [0.25, 0.3) is 0 Å². The van der Waals surface area contributed by atoms with Crippen molar-refractivity contribution in [3.8, 4) is 0 Å². The molecule has 0 saturated heterocycles. The first-order valence-electron chi connectivity index (χ1n) is 6.23. The molecule has 0 aromatic carbocycles. The first-order valence-corrected chi connectivity index (χ1v) is 6.23. The van der Waals surface area contributed by atoms with Crippen molar-refractivity contribution in [2.24, 2.45) is 11.7 Å². The van der Waals surface area contributed by atoms with E-state index in [1.165, 1.54) is 0 Å². The average molecular weight is 263 g/mol. The second-order valence-electron chi connectivity index (χ2n) is 4.94. The number of aryl methyl sites for hydroxylation is 1. The maximum Gasteiger partial charge on any atom is 0.306 e. The van der Waals surface area contributed by atoms with E-state index in [1.54, 1.807) is 19.1 Å². The Morgan fingerprint density at radius 2 is 2.16 bits per heavy atom. The van der Waals surface area contributed by atoms with Crippen molar-refractivity contribution in [2.45, 2.75) is 32.2 Å². The molecule has 1 fully saturated rings. The van der Waals surface area contributed by atoms with Crippen LogP contribution < -0.4 is 11.1 Å². The highest BCUT2D eigenvalue weighted by atomic mass is 16.4. The normalized spacial score (nSPS) is 22.2. The van der Waals surface area contributed by atoms with E-state index in [2.05, 4.69) is 10.3 Å². The Bertz CT molecular complexity index is 516. The number of hydrogen-bond donors (Lipinski definition) is 3. The number of nitrogens with two attached hydrogens (primary N) is 1. The van der Waals surface area contributed by atoms with E-state index in [9.17, 15) is 9.59 Å². The van der Waals surface area contributed by atoms with E-state index in [4.69, 9.17) is 10.8 Å². The average Bonchev–Trinajstić information content (AvgIpc) is 2.76. The molecule has 2 atom stereocenters. The van der Waals surface area contributed by atoms with Crippen LogP contribution in [0.1, 0.15) is 35.3 Å². The van der Waals surface area contributed by atoms with E-state index in [1.807, 2.05) is 0 Å². The zero-order chi connectivity index (χ0) is 14.0. The third-order valence-corrected chi connectivity index (χ3v) is 3.37. The summed E-state index contributed by atoms with van der Waals surface area (Å²) >= 11 is 0. The van der Waals surface area contributed by atoms with Crippen molar-refractivity contribution in [2.75, 3.05) is 5.32 Å². The Kier molecular flexibility index (Phi) is 3.69. The van der Waals surface area contributed by atoms with Crippen molar-refractivity contribution >= 4 is 17.7 Å². The maximum absolute atomic E-state index is 11.2. The first kappa shape index (κ1) is 13.3. The van der Waals surface area contributed by atoms with E-state index >= 15 is 0 Å². The van der Waals surface area contributed by atoms with Gasteiger partial charge in [0.1, 0.15) is 5.82 Å². The van der Waals surface area contributed by atoms with E-state index < -0.39 is 11.9 Å². The van der Waals surface area contributed by atoms with Gasteiger partial charge >= 0.3 is 5.97 Å². The lowest BCUT2D eigenvalue weighted by Gasteiger charge is -2.14. The molecule has 2 rings (SSSR count). The second kappa shape index (κ2) is 5.26. The van der Waals surface area contributed by atoms with Crippen molar-refractivity contribution in [1.29, 1.82) is 0 Å². The molecule has 1 saturated carbocycles. The predicted octanol–water partition coefficient (Wildman–Crippen LogP) is 1.15. The largest absolute Gasteiger partial charge is 0.481 e. The summed E-state index contributed by atoms with van der Waals surface area (Å²) in [7, 11) is 0. The number of aromatic nitrogens is 1. The highest BCUT2D eigenvalue weighted by molar-refractivity contribution is 5.93. The minimum absolute atomic E-state index is 0.0797. The molecule has 0 aliphatic heterocycles. The molecule has 1 aromatic heterocycles.